The van der Waals surface area contributed by atoms with Gasteiger partial charge >= 0.3 is 5.97 Å². The number of β-lactam (4-membered cyclic amide) rings is 1. The number of amides is 1. The molecule has 3 aliphatic heterocycles. The SMILES string of the molecule is CNCC(=O)C[C@H](C)[C@H]1C(=O)N2C(C(=O)O)=C(SC3CN[C@H](Cn4cc(CN)nn4)C3)[C@H](C)[C@H]12. The molecule has 4 rings (SSSR count). The van der Waals surface area contributed by atoms with Crippen LogP contribution in [0.3, 0.4) is 0 Å². The van der Waals surface area contributed by atoms with Crippen LogP contribution in [0.15, 0.2) is 16.8 Å². The molecule has 1 amide bonds. The first-order valence-electron chi connectivity index (χ1n) is 11.7. The second-order valence-corrected chi connectivity index (χ2v) is 10.8. The fourth-order valence-electron chi connectivity index (χ4n) is 5.46. The molecule has 4 heterocycles. The molecule has 1 unspecified atom stereocenters. The number of nitrogens with one attached hydrogen (secondary N) is 2. The Hall–Kier alpha value is -2.28. The van der Waals surface area contributed by atoms with E-state index in [2.05, 4.69) is 20.9 Å². The number of hydrogen-bond donors (Lipinski definition) is 4. The molecular weight excluding hydrogens is 458 g/mol. The van der Waals surface area contributed by atoms with Crippen LogP contribution in [0.4, 0.5) is 0 Å². The molecule has 0 aromatic carbocycles. The molecular formula is C22H33N7O4S. The van der Waals surface area contributed by atoms with Crippen LogP contribution in [0.2, 0.25) is 0 Å². The van der Waals surface area contributed by atoms with Crippen LogP contribution in [-0.2, 0) is 27.5 Å². The average Bonchev–Trinajstić information content (AvgIpc) is 3.47. The molecule has 3 aliphatic rings. The second kappa shape index (κ2) is 10.1. The third-order valence-electron chi connectivity index (χ3n) is 7.01. The predicted octanol–water partition coefficient (Wildman–Crippen LogP) is -0.212. The number of aliphatic carboxylic acids is 1. The molecule has 186 valence electrons. The van der Waals surface area contributed by atoms with Gasteiger partial charge in [-0.25, -0.2) is 4.79 Å². The fraction of sp³-hybridized carbons (Fsp3) is 0.682. The summed E-state index contributed by atoms with van der Waals surface area (Å²) in [5.74, 6) is -1.73. The molecule has 0 spiro atoms. The highest BCUT2D eigenvalue weighted by Gasteiger charge is 2.60. The Morgan fingerprint density at radius 2 is 2.21 bits per heavy atom. The van der Waals surface area contributed by atoms with E-state index in [1.807, 2.05) is 20.0 Å². The van der Waals surface area contributed by atoms with E-state index in [1.54, 1.807) is 23.5 Å². The maximum atomic E-state index is 13.0. The minimum Gasteiger partial charge on any atom is -0.477 e. The van der Waals surface area contributed by atoms with E-state index in [1.165, 1.54) is 4.90 Å². The van der Waals surface area contributed by atoms with Gasteiger partial charge < -0.3 is 26.4 Å². The normalized spacial score (nSPS) is 29.4. The maximum Gasteiger partial charge on any atom is 0.353 e. The number of nitrogens with zero attached hydrogens (tertiary/aromatic N) is 4. The number of Topliss-reactive ketones (excluding diaryl/α,β-unsaturated/α-hetero) is 1. The van der Waals surface area contributed by atoms with Crippen molar-refractivity contribution in [2.75, 3.05) is 20.1 Å². The van der Waals surface area contributed by atoms with Crippen molar-refractivity contribution in [3.63, 3.8) is 0 Å². The molecule has 11 nitrogen and oxygen atoms in total. The summed E-state index contributed by atoms with van der Waals surface area (Å²) in [5.41, 5.74) is 6.46. The number of rotatable bonds is 11. The Morgan fingerprint density at radius 3 is 2.85 bits per heavy atom. The van der Waals surface area contributed by atoms with Crippen molar-refractivity contribution in [2.45, 2.75) is 57.1 Å². The van der Waals surface area contributed by atoms with Crippen LogP contribution >= 0.6 is 11.8 Å². The number of carbonyl (C=O) groups excluding carboxylic acids is 2. The summed E-state index contributed by atoms with van der Waals surface area (Å²) >= 11 is 1.57. The lowest BCUT2D eigenvalue weighted by Gasteiger charge is -2.47. The van der Waals surface area contributed by atoms with Crippen molar-refractivity contribution in [1.82, 2.24) is 30.5 Å². The molecule has 6 atom stereocenters. The third-order valence-corrected chi connectivity index (χ3v) is 8.52. The highest BCUT2D eigenvalue weighted by molar-refractivity contribution is 8.03. The standard InChI is InChI=1S/C22H33N7O4S/c1-11(4-15(30)7-24-3)17-18-12(2)20(19(22(32)33)29(18)21(17)31)34-16-5-13(25-8-16)9-28-10-14(6-23)26-27-28/h10-13,16-18,24-25H,4-9,23H2,1-3H3,(H,32,33)/t11-,12+,13-,16?,17+,18+/m0/s1. The molecule has 12 heteroatoms. The number of thioether (sulfide) groups is 1. The maximum absolute atomic E-state index is 13.0. The summed E-state index contributed by atoms with van der Waals surface area (Å²) in [6.45, 7) is 5.94. The molecule has 0 saturated carbocycles. The van der Waals surface area contributed by atoms with Gasteiger partial charge in [-0.2, -0.15) is 0 Å². The second-order valence-electron chi connectivity index (χ2n) is 9.50. The van der Waals surface area contributed by atoms with Gasteiger partial charge in [-0.15, -0.1) is 16.9 Å². The van der Waals surface area contributed by atoms with Crippen molar-refractivity contribution in [3.05, 3.63) is 22.5 Å². The van der Waals surface area contributed by atoms with Crippen LogP contribution in [0.5, 0.6) is 0 Å². The summed E-state index contributed by atoms with van der Waals surface area (Å²) in [7, 11) is 1.72. The molecule has 34 heavy (non-hydrogen) atoms. The first kappa shape index (κ1) is 24.8. The highest BCUT2D eigenvalue weighted by Crippen LogP contribution is 2.53. The van der Waals surface area contributed by atoms with Crippen molar-refractivity contribution in [2.24, 2.45) is 23.5 Å². The van der Waals surface area contributed by atoms with Gasteiger partial charge in [0.15, 0.2) is 0 Å². The van der Waals surface area contributed by atoms with Crippen molar-refractivity contribution < 1.29 is 19.5 Å². The van der Waals surface area contributed by atoms with Crippen LogP contribution in [0.1, 0.15) is 32.4 Å². The van der Waals surface area contributed by atoms with Crippen molar-refractivity contribution in [3.8, 4) is 0 Å². The predicted molar refractivity (Wildman–Crippen MR) is 126 cm³/mol. The summed E-state index contributed by atoms with van der Waals surface area (Å²) in [4.78, 5) is 39.5. The average molecular weight is 492 g/mol. The van der Waals surface area contributed by atoms with Crippen molar-refractivity contribution in [1.29, 1.82) is 0 Å². The van der Waals surface area contributed by atoms with E-state index in [0.29, 0.717) is 19.5 Å². The molecule has 5 N–H and O–H groups in total. The zero-order chi connectivity index (χ0) is 24.6. The molecule has 2 saturated heterocycles. The van der Waals surface area contributed by atoms with Gasteiger partial charge in [-0.1, -0.05) is 19.1 Å². The lowest BCUT2D eigenvalue weighted by molar-refractivity contribution is -0.160. The Bertz CT molecular complexity index is 996. The first-order chi connectivity index (χ1) is 16.2. The summed E-state index contributed by atoms with van der Waals surface area (Å²) in [6.07, 6.45) is 3.00. The van der Waals surface area contributed by atoms with Crippen molar-refractivity contribution >= 4 is 29.4 Å². The van der Waals surface area contributed by atoms with Crippen LogP contribution in [-0.4, -0.2) is 80.1 Å². The topological polar surface area (TPSA) is 155 Å². The van der Waals surface area contributed by atoms with Crippen LogP contribution < -0.4 is 16.4 Å². The van der Waals surface area contributed by atoms with Gasteiger partial charge in [-0.3, -0.25) is 14.3 Å². The summed E-state index contributed by atoms with van der Waals surface area (Å²) in [6, 6.07) is -0.00601. The molecule has 1 aromatic rings. The minimum absolute atomic E-state index is 0.0574. The zero-order valence-electron chi connectivity index (χ0n) is 19.7. The number of aromatic nitrogens is 3. The van der Waals surface area contributed by atoms with Crippen LogP contribution in [0, 0.1) is 17.8 Å². The van der Waals surface area contributed by atoms with E-state index >= 15 is 0 Å². The Balaban J connectivity index is 1.42. The lowest BCUT2D eigenvalue weighted by atomic mass is 9.73. The molecule has 1 aromatic heterocycles. The highest BCUT2D eigenvalue weighted by atomic mass is 32.2. The van der Waals surface area contributed by atoms with E-state index in [-0.39, 0.29) is 59.0 Å². The minimum atomic E-state index is -1.07. The van der Waals surface area contributed by atoms with E-state index < -0.39 is 5.97 Å². The smallest absolute Gasteiger partial charge is 0.353 e. The van der Waals surface area contributed by atoms with Gasteiger partial charge in [0, 0.05) is 47.8 Å². The first-order valence-corrected chi connectivity index (χ1v) is 12.6. The molecule has 0 radical (unpaired) electrons. The van der Waals surface area contributed by atoms with Gasteiger partial charge in [-0.05, 0) is 19.4 Å². The number of ketones is 1. The number of carbonyl (C=O) groups is 3. The number of carboxylic acids is 1. The zero-order valence-corrected chi connectivity index (χ0v) is 20.5. The van der Waals surface area contributed by atoms with E-state index in [9.17, 15) is 19.5 Å². The number of hydrogen-bond acceptors (Lipinski definition) is 9. The monoisotopic (exact) mass is 491 g/mol. The summed E-state index contributed by atoms with van der Waals surface area (Å²) in [5, 5.41) is 24.6. The molecule has 2 fully saturated rings. The lowest BCUT2D eigenvalue weighted by Crippen LogP contribution is -2.62. The van der Waals surface area contributed by atoms with Gasteiger partial charge in [0.05, 0.1) is 30.7 Å². The Labute approximate surface area is 202 Å². The van der Waals surface area contributed by atoms with E-state index in [0.717, 1.165) is 23.6 Å². The summed E-state index contributed by atoms with van der Waals surface area (Å²) < 4.78 is 1.78. The quantitative estimate of drug-likeness (QED) is 0.306. The van der Waals surface area contributed by atoms with Gasteiger partial charge in [0.2, 0.25) is 5.91 Å². The fourth-order valence-corrected chi connectivity index (χ4v) is 6.98. The molecule has 0 bridgehead atoms. The van der Waals surface area contributed by atoms with E-state index in [4.69, 9.17) is 5.73 Å². The Kier molecular flexibility index (Phi) is 7.41. The third kappa shape index (κ3) is 4.64. The van der Waals surface area contributed by atoms with Gasteiger partial charge in [0.25, 0.3) is 0 Å². The van der Waals surface area contributed by atoms with Gasteiger partial charge in [0.1, 0.15) is 11.5 Å². The number of nitrogens with two attached hydrogens (primary N) is 1. The molecule has 0 aliphatic carbocycles. The van der Waals surface area contributed by atoms with Crippen LogP contribution in [0.25, 0.3) is 0 Å². The number of likely N-dealkylation sites (N-methyl/N-ethyl adjacent to an activating group) is 1. The number of fused-ring (bicyclic) bond motifs is 1. The largest absolute Gasteiger partial charge is 0.477 e. The number of carboxylic acid groups (broad SMARTS) is 1. The Morgan fingerprint density at radius 1 is 1.44 bits per heavy atom.